The minimum Gasteiger partial charge on any atom is -0.316 e. The van der Waals surface area contributed by atoms with Gasteiger partial charge in [0.15, 0.2) is 0 Å². The van der Waals surface area contributed by atoms with Crippen LogP contribution < -0.4 is 5.32 Å². The van der Waals surface area contributed by atoms with Crippen molar-refractivity contribution in [3.63, 3.8) is 0 Å². The van der Waals surface area contributed by atoms with Crippen LogP contribution in [-0.2, 0) is 0 Å². The Balaban J connectivity index is 0.000000720. The third kappa shape index (κ3) is 1.10. The Hall–Kier alpha value is 0.250. The summed E-state index contributed by atoms with van der Waals surface area (Å²) < 4.78 is 0. The maximum absolute atomic E-state index is 3.54. The number of fused-ring (bicyclic) bond motifs is 2. The highest BCUT2D eigenvalue weighted by Crippen LogP contribution is 2.57. The van der Waals surface area contributed by atoms with Crippen LogP contribution in [0.1, 0.15) is 33.6 Å². The second-order valence-electron chi connectivity index (χ2n) is 5.15. The quantitative estimate of drug-likeness (QED) is 0.618. The molecule has 12 heavy (non-hydrogen) atoms. The molecule has 0 aromatic heterocycles. The van der Waals surface area contributed by atoms with Gasteiger partial charge in [0.2, 0.25) is 0 Å². The van der Waals surface area contributed by atoms with E-state index in [9.17, 15) is 0 Å². The zero-order chi connectivity index (χ0) is 8.11. The van der Waals surface area contributed by atoms with Crippen LogP contribution in [-0.4, -0.2) is 13.1 Å². The molecule has 2 atom stereocenters. The van der Waals surface area contributed by atoms with Gasteiger partial charge < -0.3 is 5.32 Å². The maximum Gasteiger partial charge on any atom is 0.00105 e. The van der Waals surface area contributed by atoms with Crippen LogP contribution in [0, 0.1) is 16.7 Å². The molecule has 1 nitrogen and oxygen atoms in total. The lowest BCUT2D eigenvalue weighted by atomic mass is 9.64. The zero-order valence-electron chi connectivity index (χ0n) is 8.31. The SMILES string of the molecule is CC12CCC(CNC1)C2(C)C.Cl. The molecule has 1 aliphatic heterocycles. The van der Waals surface area contributed by atoms with Gasteiger partial charge in [0, 0.05) is 6.54 Å². The van der Waals surface area contributed by atoms with E-state index in [2.05, 4.69) is 26.1 Å². The second kappa shape index (κ2) is 2.88. The molecule has 1 heterocycles. The molecule has 1 aliphatic carbocycles. The summed E-state index contributed by atoms with van der Waals surface area (Å²) in [4.78, 5) is 0. The standard InChI is InChI=1S/C10H19N.ClH/c1-9(2)8-4-5-10(9,3)7-11-6-8;/h8,11H,4-7H2,1-3H3;1H. The van der Waals surface area contributed by atoms with E-state index in [-0.39, 0.29) is 12.4 Å². The zero-order valence-corrected chi connectivity index (χ0v) is 9.13. The average Bonchev–Trinajstić information content (AvgIpc) is 2.17. The van der Waals surface area contributed by atoms with Gasteiger partial charge >= 0.3 is 0 Å². The third-order valence-corrected chi connectivity index (χ3v) is 4.53. The lowest BCUT2D eigenvalue weighted by molar-refractivity contribution is 0.0546. The van der Waals surface area contributed by atoms with Crippen molar-refractivity contribution >= 4 is 12.4 Å². The van der Waals surface area contributed by atoms with Crippen molar-refractivity contribution in [1.82, 2.24) is 5.32 Å². The van der Waals surface area contributed by atoms with E-state index in [0.717, 1.165) is 5.92 Å². The van der Waals surface area contributed by atoms with Crippen molar-refractivity contribution in [3.05, 3.63) is 0 Å². The Kier molecular flexibility index (Phi) is 2.48. The average molecular weight is 190 g/mol. The van der Waals surface area contributed by atoms with Crippen LogP contribution in [0.3, 0.4) is 0 Å². The van der Waals surface area contributed by atoms with Crippen LogP contribution in [0.25, 0.3) is 0 Å². The van der Waals surface area contributed by atoms with Crippen LogP contribution in [0.2, 0.25) is 0 Å². The molecule has 1 saturated heterocycles. The summed E-state index contributed by atoms with van der Waals surface area (Å²) in [5.41, 5.74) is 1.16. The molecule has 0 radical (unpaired) electrons. The largest absolute Gasteiger partial charge is 0.316 e. The molecule has 0 spiro atoms. The van der Waals surface area contributed by atoms with Crippen molar-refractivity contribution in [2.24, 2.45) is 16.7 Å². The Morgan fingerprint density at radius 3 is 2.42 bits per heavy atom. The summed E-state index contributed by atoms with van der Waals surface area (Å²) >= 11 is 0. The fourth-order valence-corrected chi connectivity index (χ4v) is 2.86. The first kappa shape index (κ1) is 10.3. The van der Waals surface area contributed by atoms with E-state index >= 15 is 0 Å². The van der Waals surface area contributed by atoms with Gasteiger partial charge in [0.25, 0.3) is 0 Å². The van der Waals surface area contributed by atoms with E-state index in [1.54, 1.807) is 0 Å². The molecule has 2 bridgehead atoms. The fourth-order valence-electron chi connectivity index (χ4n) is 2.86. The number of halogens is 1. The van der Waals surface area contributed by atoms with Crippen LogP contribution in [0.4, 0.5) is 0 Å². The van der Waals surface area contributed by atoms with Crippen molar-refractivity contribution in [2.45, 2.75) is 33.6 Å². The van der Waals surface area contributed by atoms with Crippen molar-refractivity contribution in [2.75, 3.05) is 13.1 Å². The number of piperidine rings is 1. The predicted octanol–water partition coefficient (Wildman–Crippen LogP) is 2.45. The summed E-state index contributed by atoms with van der Waals surface area (Å²) in [7, 11) is 0. The summed E-state index contributed by atoms with van der Waals surface area (Å²) in [6.07, 6.45) is 2.87. The highest BCUT2D eigenvalue weighted by Gasteiger charge is 2.53. The van der Waals surface area contributed by atoms with E-state index in [1.807, 2.05) is 0 Å². The Morgan fingerprint density at radius 2 is 1.92 bits per heavy atom. The molecule has 2 fully saturated rings. The van der Waals surface area contributed by atoms with E-state index in [1.165, 1.54) is 25.9 Å². The maximum atomic E-state index is 3.54. The molecule has 0 amide bonds. The lowest BCUT2D eigenvalue weighted by Crippen LogP contribution is -2.49. The summed E-state index contributed by atoms with van der Waals surface area (Å²) in [6, 6.07) is 0. The minimum absolute atomic E-state index is 0. The molecule has 2 aliphatic rings. The van der Waals surface area contributed by atoms with Gasteiger partial charge in [-0.1, -0.05) is 20.8 Å². The van der Waals surface area contributed by atoms with Gasteiger partial charge in [-0.2, -0.15) is 0 Å². The third-order valence-electron chi connectivity index (χ3n) is 4.53. The van der Waals surface area contributed by atoms with Crippen molar-refractivity contribution in [3.8, 4) is 0 Å². The van der Waals surface area contributed by atoms with Crippen molar-refractivity contribution < 1.29 is 0 Å². The molecule has 72 valence electrons. The number of rotatable bonds is 0. The molecular formula is C10H20ClN. The molecule has 2 rings (SSSR count). The van der Waals surface area contributed by atoms with Crippen molar-refractivity contribution in [1.29, 1.82) is 0 Å². The van der Waals surface area contributed by atoms with E-state index in [0.29, 0.717) is 10.8 Å². The molecule has 2 unspecified atom stereocenters. The van der Waals surface area contributed by atoms with E-state index in [4.69, 9.17) is 0 Å². The van der Waals surface area contributed by atoms with E-state index < -0.39 is 0 Å². The van der Waals surface area contributed by atoms with Gasteiger partial charge in [-0.25, -0.2) is 0 Å². The van der Waals surface area contributed by atoms with Crippen LogP contribution in [0.15, 0.2) is 0 Å². The van der Waals surface area contributed by atoms with Crippen LogP contribution >= 0.6 is 12.4 Å². The molecule has 0 aromatic carbocycles. The normalized spacial score (nSPS) is 43.8. The first-order chi connectivity index (χ1) is 5.06. The summed E-state index contributed by atoms with van der Waals surface area (Å²) in [5, 5.41) is 3.54. The smallest absolute Gasteiger partial charge is 0.00105 e. The molecule has 2 heteroatoms. The topological polar surface area (TPSA) is 12.0 Å². The molecule has 1 saturated carbocycles. The Bertz CT molecular complexity index is 172. The first-order valence-electron chi connectivity index (χ1n) is 4.77. The second-order valence-corrected chi connectivity index (χ2v) is 5.15. The van der Waals surface area contributed by atoms with Gasteiger partial charge in [0.1, 0.15) is 0 Å². The molecule has 1 N–H and O–H groups in total. The number of nitrogens with one attached hydrogen (secondary N) is 1. The summed E-state index contributed by atoms with van der Waals surface area (Å²) in [6.45, 7) is 9.83. The van der Waals surface area contributed by atoms with Gasteiger partial charge in [0.05, 0.1) is 0 Å². The van der Waals surface area contributed by atoms with Gasteiger partial charge in [-0.3, -0.25) is 0 Å². The van der Waals surface area contributed by atoms with Gasteiger partial charge in [-0.05, 0) is 36.1 Å². The minimum atomic E-state index is 0. The number of hydrogen-bond donors (Lipinski definition) is 1. The highest BCUT2D eigenvalue weighted by atomic mass is 35.5. The fraction of sp³-hybridized carbons (Fsp3) is 1.00. The first-order valence-corrected chi connectivity index (χ1v) is 4.77. The number of hydrogen-bond acceptors (Lipinski definition) is 1. The van der Waals surface area contributed by atoms with Crippen LogP contribution in [0.5, 0.6) is 0 Å². The monoisotopic (exact) mass is 189 g/mol. The summed E-state index contributed by atoms with van der Waals surface area (Å²) in [5.74, 6) is 0.932. The highest BCUT2D eigenvalue weighted by molar-refractivity contribution is 5.85. The predicted molar refractivity (Wildman–Crippen MR) is 54.7 cm³/mol. The van der Waals surface area contributed by atoms with Gasteiger partial charge in [-0.15, -0.1) is 12.4 Å². The Morgan fingerprint density at radius 1 is 1.25 bits per heavy atom. The molecular weight excluding hydrogens is 170 g/mol. The lowest BCUT2D eigenvalue weighted by Gasteiger charge is -2.46. The molecule has 0 aromatic rings. The Labute approximate surface area is 81.7 Å².